The van der Waals surface area contributed by atoms with E-state index in [0.717, 1.165) is 5.56 Å². The largest absolute Gasteiger partial charge is 0.322 e. The van der Waals surface area contributed by atoms with Crippen molar-refractivity contribution in [3.63, 3.8) is 0 Å². The fraction of sp³-hybridized carbons (Fsp3) is 0.348. The Morgan fingerprint density at radius 1 is 1.09 bits per heavy atom. The van der Waals surface area contributed by atoms with Crippen molar-refractivity contribution < 1.29 is 22.8 Å². The van der Waals surface area contributed by atoms with E-state index < -0.39 is 21.3 Å². The van der Waals surface area contributed by atoms with Gasteiger partial charge in [-0.2, -0.15) is 0 Å². The van der Waals surface area contributed by atoms with Gasteiger partial charge in [0.25, 0.3) is 5.91 Å². The third kappa shape index (κ3) is 4.58. The van der Waals surface area contributed by atoms with Gasteiger partial charge in [0.15, 0.2) is 0 Å². The van der Waals surface area contributed by atoms with Gasteiger partial charge >= 0.3 is 0 Å². The summed E-state index contributed by atoms with van der Waals surface area (Å²) >= 11 is 0. The van der Waals surface area contributed by atoms with Crippen molar-refractivity contribution in [1.29, 1.82) is 0 Å². The van der Waals surface area contributed by atoms with Crippen LogP contribution in [-0.2, 0) is 25.0 Å². The maximum Gasteiger partial charge on any atom is 0.255 e. The van der Waals surface area contributed by atoms with Crippen molar-refractivity contribution in [3.8, 4) is 0 Å². The first-order valence-corrected chi connectivity index (χ1v) is 12.0. The fourth-order valence-electron chi connectivity index (χ4n) is 3.92. The van der Waals surface area contributed by atoms with Crippen molar-refractivity contribution in [1.82, 2.24) is 10.0 Å². The van der Waals surface area contributed by atoms with Gasteiger partial charge in [0.2, 0.25) is 21.8 Å². The van der Waals surface area contributed by atoms with E-state index in [2.05, 4.69) is 15.4 Å². The molecule has 1 aliphatic rings. The fourth-order valence-corrected chi connectivity index (χ4v) is 4.99. The Labute approximate surface area is 187 Å². The Balaban J connectivity index is 1.82. The van der Waals surface area contributed by atoms with Crippen LogP contribution in [0.25, 0.3) is 0 Å². The lowest BCUT2D eigenvalue weighted by Crippen LogP contribution is -2.51. The van der Waals surface area contributed by atoms with Gasteiger partial charge in [0.05, 0.1) is 10.3 Å². The molecular weight excluding hydrogens is 430 g/mol. The van der Waals surface area contributed by atoms with E-state index in [0.29, 0.717) is 24.1 Å². The van der Waals surface area contributed by atoms with Crippen LogP contribution in [0.15, 0.2) is 47.4 Å². The molecule has 1 aliphatic heterocycles. The smallest absolute Gasteiger partial charge is 0.255 e. The van der Waals surface area contributed by atoms with E-state index in [1.54, 1.807) is 44.2 Å². The van der Waals surface area contributed by atoms with E-state index in [1.807, 2.05) is 6.92 Å². The second-order valence-corrected chi connectivity index (χ2v) is 9.59. The molecule has 1 saturated heterocycles. The molecule has 3 amide bonds. The maximum atomic E-state index is 12.8. The van der Waals surface area contributed by atoms with Gasteiger partial charge in [-0.05, 0) is 55.2 Å². The second-order valence-electron chi connectivity index (χ2n) is 7.82. The summed E-state index contributed by atoms with van der Waals surface area (Å²) in [4.78, 5) is 37.0. The molecule has 0 radical (unpaired) electrons. The van der Waals surface area contributed by atoms with Gasteiger partial charge in [-0.1, -0.05) is 32.0 Å². The monoisotopic (exact) mass is 457 g/mol. The lowest BCUT2D eigenvalue weighted by Gasteiger charge is -2.35. The summed E-state index contributed by atoms with van der Waals surface area (Å²) in [5.41, 5.74) is 1.41. The highest BCUT2D eigenvalue weighted by Gasteiger charge is 2.42. The molecule has 0 aromatic heterocycles. The lowest BCUT2D eigenvalue weighted by atomic mass is 9.72. The Kier molecular flexibility index (Phi) is 6.80. The highest BCUT2D eigenvalue weighted by molar-refractivity contribution is 7.89. The zero-order valence-electron chi connectivity index (χ0n) is 18.3. The Morgan fingerprint density at radius 2 is 1.78 bits per heavy atom. The molecule has 2 aromatic carbocycles. The minimum absolute atomic E-state index is 0.0215. The molecule has 170 valence electrons. The van der Waals surface area contributed by atoms with E-state index in [1.165, 1.54) is 12.1 Å². The molecular formula is C23H27N3O5S. The topological polar surface area (TPSA) is 121 Å². The molecule has 3 N–H and O–H groups in total. The van der Waals surface area contributed by atoms with Gasteiger partial charge in [-0.15, -0.1) is 0 Å². The SMILES string of the molecule is CCNS(=O)(=O)c1ccc(C)c(C(=O)Nc2ccc(C3(CC)CCC(=O)NC3=O)cc2)c1. The zero-order valence-corrected chi connectivity index (χ0v) is 19.1. The van der Waals surface area contributed by atoms with Gasteiger partial charge < -0.3 is 5.32 Å². The van der Waals surface area contributed by atoms with Crippen molar-refractivity contribution in [2.45, 2.75) is 50.3 Å². The number of benzene rings is 2. The Morgan fingerprint density at radius 3 is 2.38 bits per heavy atom. The number of hydrogen-bond donors (Lipinski definition) is 3. The molecule has 8 nitrogen and oxygen atoms in total. The molecule has 0 spiro atoms. The van der Waals surface area contributed by atoms with Crippen LogP contribution < -0.4 is 15.4 Å². The number of hydrogen-bond acceptors (Lipinski definition) is 5. The summed E-state index contributed by atoms with van der Waals surface area (Å²) in [7, 11) is -3.68. The van der Waals surface area contributed by atoms with Crippen molar-refractivity contribution in [2.75, 3.05) is 11.9 Å². The summed E-state index contributed by atoms with van der Waals surface area (Å²) in [5, 5.41) is 5.20. The molecule has 1 heterocycles. The van der Waals surface area contributed by atoms with E-state index in [9.17, 15) is 22.8 Å². The normalized spacial score (nSPS) is 18.8. The molecule has 1 atom stereocenters. The lowest BCUT2D eigenvalue weighted by molar-refractivity contribution is -0.138. The highest BCUT2D eigenvalue weighted by Crippen LogP contribution is 2.36. The van der Waals surface area contributed by atoms with E-state index in [4.69, 9.17) is 0 Å². The van der Waals surface area contributed by atoms with Crippen LogP contribution in [0, 0.1) is 6.92 Å². The minimum Gasteiger partial charge on any atom is -0.322 e. The summed E-state index contributed by atoms with van der Waals surface area (Å²) in [6.07, 6.45) is 1.26. The summed E-state index contributed by atoms with van der Waals surface area (Å²) in [6, 6.07) is 11.3. The number of rotatable bonds is 7. The van der Waals surface area contributed by atoms with Gasteiger partial charge in [0, 0.05) is 24.2 Å². The maximum absolute atomic E-state index is 12.8. The first-order chi connectivity index (χ1) is 15.1. The Hall–Kier alpha value is -3.04. The predicted molar refractivity (Wildman–Crippen MR) is 121 cm³/mol. The molecule has 1 unspecified atom stereocenters. The summed E-state index contributed by atoms with van der Waals surface area (Å²) in [6.45, 7) is 5.56. The van der Waals surface area contributed by atoms with Crippen LogP contribution in [0.3, 0.4) is 0 Å². The highest BCUT2D eigenvalue weighted by atomic mass is 32.2. The van der Waals surface area contributed by atoms with Crippen molar-refractivity contribution >= 4 is 33.4 Å². The average Bonchev–Trinajstić information content (AvgIpc) is 2.75. The van der Waals surface area contributed by atoms with E-state index >= 15 is 0 Å². The number of imide groups is 1. The third-order valence-electron chi connectivity index (χ3n) is 5.86. The molecule has 0 aliphatic carbocycles. The third-order valence-corrected chi connectivity index (χ3v) is 7.41. The molecule has 32 heavy (non-hydrogen) atoms. The molecule has 2 aromatic rings. The molecule has 9 heteroatoms. The number of carbonyl (C=O) groups excluding carboxylic acids is 3. The molecule has 0 saturated carbocycles. The number of piperidine rings is 1. The predicted octanol–water partition coefficient (Wildman–Crippen LogP) is 2.63. The first kappa shape index (κ1) is 23.6. The number of nitrogens with one attached hydrogen (secondary N) is 3. The van der Waals surface area contributed by atoms with Crippen LogP contribution in [-0.4, -0.2) is 32.7 Å². The average molecular weight is 458 g/mol. The van der Waals surface area contributed by atoms with E-state index in [-0.39, 0.29) is 35.2 Å². The first-order valence-electron chi connectivity index (χ1n) is 10.5. The number of anilines is 1. The zero-order chi connectivity index (χ0) is 23.5. The van der Waals surface area contributed by atoms with Crippen LogP contribution in [0.5, 0.6) is 0 Å². The van der Waals surface area contributed by atoms with Gasteiger partial charge in [-0.3, -0.25) is 19.7 Å². The van der Waals surface area contributed by atoms with Crippen molar-refractivity contribution in [3.05, 3.63) is 59.2 Å². The molecule has 0 bridgehead atoms. The number of amides is 3. The quantitative estimate of drug-likeness (QED) is 0.552. The van der Waals surface area contributed by atoms with Crippen LogP contribution in [0.4, 0.5) is 5.69 Å². The number of carbonyl (C=O) groups is 3. The van der Waals surface area contributed by atoms with Gasteiger partial charge in [-0.25, -0.2) is 13.1 Å². The van der Waals surface area contributed by atoms with Crippen LogP contribution in [0.2, 0.25) is 0 Å². The van der Waals surface area contributed by atoms with Crippen molar-refractivity contribution in [2.24, 2.45) is 0 Å². The Bertz CT molecular complexity index is 1160. The summed E-state index contributed by atoms with van der Waals surface area (Å²) in [5.74, 6) is -1.01. The summed E-state index contributed by atoms with van der Waals surface area (Å²) < 4.78 is 27.0. The number of aryl methyl sites for hydroxylation is 1. The van der Waals surface area contributed by atoms with Crippen LogP contribution in [0.1, 0.15) is 54.6 Å². The van der Waals surface area contributed by atoms with Crippen LogP contribution >= 0.6 is 0 Å². The van der Waals surface area contributed by atoms with Gasteiger partial charge in [0.1, 0.15) is 0 Å². The molecule has 3 rings (SSSR count). The second kappa shape index (κ2) is 9.22. The minimum atomic E-state index is -3.68. The number of sulfonamides is 1. The standard InChI is InChI=1S/C23H27N3O5S/c1-4-23(13-12-20(27)26-22(23)29)16-7-9-17(10-8-16)25-21(28)19-14-18(11-6-15(19)3)32(30,31)24-5-2/h6-11,14,24H,4-5,12-13H2,1-3H3,(H,25,28)(H,26,27,29). The molecule has 1 fully saturated rings.